The van der Waals surface area contributed by atoms with Gasteiger partial charge >= 0.3 is 12.4 Å². The van der Waals surface area contributed by atoms with Crippen molar-refractivity contribution in [3.63, 3.8) is 0 Å². The van der Waals surface area contributed by atoms with Gasteiger partial charge in [-0.1, -0.05) is 6.58 Å². The molecule has 172 valence electrons. The van der Waals surface area contributed by atoms with E-state index < -0.39 is 11.9 Å². The molecule has 1 saturated heterocycles. The van der Waals surface area contributed by atoms with Crippen LogP contribution < -0.4 is 14.4 Å². The van der Waals surface area contributed by atoms with E-state index in [1.54, 1.807) is 15.6 Å². The first-order valence-corrected chi connectivity index (χ1v) is 10.3. The molecule has 0 radical (unpaired) electrons. The summed E-state index contributed by atoms with van der Waals surface area (Å²) in [7, 11) is 0. The van der Waals surface area contributed by atoms with Crippen LogP contribution in [0, 0.1) is 0 Å². The number of anilines is 1. The molecule has 2 aliphatic rings. The minimum atomic E-state index is -3.67. The summed E-state index contributed by atoms with van der Waals surface area (Å²) < 4.78 is 42.8. The molecule has 2 aromatic rings. The van der Waals surface area contributed by atoms with Crippen molar-refractivity contribution < 1.29 is 27.8 Å². The molecule has 0 saturated carbocycles. The Morgan fingerprint density at radius 3 is 2.44 bits per heavy atom. The summed E-state index contributed by atoms with van der Waals surface area (Å²) in [6.45, 7) is 13.6. The number of alkyl halides is 2. The molecule has 1 aromatic heterocycles. The highest BCUT2D eigenvalue weighted by molar-refractivity contribution is 5.73. The molecule has 32 heavy (non-hydrogen) atoms. The number of piperazine rings is 1. The van der Waals surface area contributed by atoms with E-state index in [0.29, 0.717) is 37.6 Å². The van der Waals surface area contributed by atoms with Crippen LogP contribution in [0.25, 0.3) is 11.3 Å². The average Bonchev–Trinajstić information content (AvgIpc) is 3.26. The predicted octanol–water partition coefficient (Wildman–Crippen LogP) is 4.28. The number of carbonyl (C=O) groups excluding carboxylic acids is 1. The van der Waals surface area contributed by atoms with Gasteiger partial charge in [-0.15, -0.1) is 8.78 Å². The number of halogens is 2. The van der Waals surface area contributed by atoms with Gasteiger partial charge in [-0.05, 0) is 45.4 Å². The standard InChI is InChI=1S/C22H26F2N4O4/c1-14(2)19-16(26-8-10-27(11-9-26)20(29)32-21(3,4)5)13-28(25-19)15-6-7-17-18(12-15)31-22(23,24)30-17/h6-7,12-13H,1,8-11H2,2-5H3. The first-order valence-electron chi connectivity index (χ1n) is 10.3. The van der Waals surface area contributed by atoms with E-state index in [4.69, 9.17) is 4.74 Å². The number of carbonyl (C=O) groups is 1. The van der Waals surface area contributed by atoms with E-state index in [0.717, 1.165) is 11.3 Å². The molecule has 0 aliphatic carbocycles. The molecule has 1 aromatic carbocycles. The molecule has 0 unspecified atom stereocenters. The maximum absolute atomic E-state index is 13.3. The van der Waals surface area contributed by atoms with Crippen molar-refractivity contribution in [2.24, 2.45) is 0 Å². The quantitative estimate of drug-likeness (QED) is 0.698. The molecule has 10 heteroatoms. The van der Waals surface area contributed by atoms with E-state index in [-0.39, 0.29) is 17.6 Å². The summed E-state index contributed by atoms with van der Waals surface area (Å²) >= 11 is 0. The number of amides is 1. The fraction of sp³-hybridized carbons (Fsp3) is 0.455. The Morgan fingerprint density at radius 1 is 1.16 bits per heavy atom. The molecule has 2 aliphatic heterocycles. The van der Waals surface area contributed by atoms with Crippen LogP contribution in [0.15, 0.2) is 31.0 Å². The van der Waals surface area contributed by atoms with E-state index in [9.17, 15) is 13.6 Å². The van der Waals surface area contributed by atoms with Gasteiger partial charge in [0, 0.05) is 32.2 Å². The number of hydrogen-bond donors (Lipinski definition) is 0. The number of nitrogens with zero attached hydrogens (tertiary/aromatic N) is 4. The highest BCUT2D eigenvalue weighted by Crippen LogP contribution is 2.42. The molecule has 0 spiro atoms. The zero-order valence-corrected chi connectivity index (χ0v) is 18.5. The van der Waals surface area contributed by atoms with Crippen LogP contribution in [-0.4, -0.2) is 58.8 Å². The van der Waals surface area contributed by atoms with Crippen molar-refractivity contribution in [1.82, 2.24) is 14.7 Å². The molecule has 3 heterocycles. The van der Waals surface area contributed by atoms with Crippen molar-refractivity contribution >= 4 is 17.4 Å². The van der Waals surface area contributed by atoms with Gasteiger partial charge in [-0.2, -0.15) is 5.10 Å². The zero-order chi connectivity index (χ0) is 23.3. The number of ether oxygens (including phenoxy) is 3. The Labute approximate surface area is 184 Å². The maximum Gasteiger partial charge on any atom is 0.586 e. The third-order valence-corrected chi connectivity index (χ3v) is 5.02. The van der Waals surface area contributed by atoms with E-state index in [1.807, 2.05) is 33.9 Å². The van der Waals surface area contributed by atoms with Crippen molar-refractivity contribution in [2.45, 2.75) is 39.6 Å². The van der Waals surface area contributed by atoms with E-state index >= 15 is 0 Å². The minimum Gasteiger partial charge on any atom is -0.444 e. The van der Waals surface area contributed by atoms with Gasteiger partial charge in [-0.25, -0.2) is 9.48 Å². The first kappa shape index (κ1) is 21.9. The van der Waals surface area contributed by atoms with Gasteiger partial charge in [0.15, 0.2) is 11.5 Å². The summed E-state index contributed by atoms with van der Waals surface area (Å²) in [5.41, 5.74) is 2.31. The van der Waals surface area contributed by atoms with Crippen LogP contribution >= 0.6 is 0 Å². The third kappa shape index (κ3) is 4.49. The van der Waals surface area contributed by atoms with E-state index in [2.05, 4.69) is 26.1 Å². The van der Waals surface area contributed by atoms with Crippen LogP contribution in [-0.2, 0) is 4.74 Å². The molecule has 0 N–H and O–H groups in total. The van der Waals surface area contributed by atoms with E-state index in [1.165, 1.54) is 12.1 Å². The fourth-order valence-electron chi connectivity index (χ4n) is 3.57. The monoisotopic (exact) mass is 448 g/mol. The Balaban J connectivity index is 1.53. The topological polar surface area (TPSA) is 69.1 Å². The van der Waals surface area contributed by atoms with Crippen molar-refractivity contribution in [2.75, 3.05) is 31.1 Å². The zero-order valence-electron chi connectivity index (χ0n) is 18.5. The molecule has 0 atom stereocenters. The molecule has 8 nitrogen and oxygen atoms in total. The first-order chi connectivity index (χ1) is 14.9. The Morgan fingerprint density at radius 2 is 1.81 bits per heavy atom. The second kappa shape index (κ2) is 7.68. The highest BCUT2D eigenvalue weighted by atomic mass is 19.3. The lowest BCUT2D eigenvalue weighted by atomic mass is 10.2. The Hall–Kier alpha value is -3.30. The van der Waals surface area contributed by atoms with Crippen LogP contribution in [0.4, 0.5) is 19.3 Å². The van der Waals surface area contributed by atoms with Gasteiger partial charge in [0.2, 0.25) is 0 Å². The van der Waals surface area contributed by atoms with Crippen molar-refractivity contribution in [1.29, 1.82) is 0 Å². The summed E-state index contributed by atoms with van der Waals surface area (Å²) in [6, 6.07) is 4.51. The van der Waals surface area contributed by atoms with Gasteiger partial charge in [-0.3, -0.25) is 0 Å². The SMILES string of the molecule is C=C(C)c1nn(-c2ccc3c(c2)OC(F)(F)O3)cc1N1CCN(C(=O)OC(C)(C)C)CC1. The highest BCUT2D eigenvalue weighted by Gasteiger charge is 2.43. The van der Waals surface area contributed by atoms with Crippen LogP contribution in [0.3, 0.4) is 0 Å². The smallest absolute Gasteiger partial charge is 0.444 e. The third-order valence-electron chi connectivity index (χ3n) is 5.02. The van der Waals surface area contributed by atoms with Gasteiger partial charge < -0.3 is 24.0 Å². The number of hydrogen-bond acceptors (Lipinski definition) is 6. The second-order valence-electron chi connectivity index (χ2n) is 8.84. The van der Waals surface area contributed by atoms with Crippen LogP contribution in [0.5, 0.6) is 11.5 Å². The molecule has 0 bridgehead atoms. The Bertz CT molecular complexity index is 1050. The fourth-order valence-corrected chi connectivity index (χ4v) is 3.57. The van der Waals surface area contributed by atoms with Crippen molar-refractivity contribution in [3.05, 3.63) is 36.7 Å². The number of aromatic nitrogens is 2. The van der Waals surface area contributed by atoms with Crippen LogP contribution in [0.2, 0.25) is 0 Å². The average molecular weight is 448 g/mol. The number of rotatable bonds is 3. The van der Waals surface area contributed by atoms with Crippen molar-refractivity contribution in [3.8, 4) is 17.2 Å². The number of fused-ring (bicyclic) bond motifs is 1. The largest absolute Gasteiger partial charge is 0.586 e. The summed E-state index contributed by atoms with van der Waals surface area (Å²) in [6.07, 6.45) is -2.18. The molecular weight excluding hydrogens is 422 g/mol. The number of benzene rings is 1. The van der Waals surface area contributed by atoms with Gasteiger partial charge in [0.25, 0.3) is 0 Å². The molecular formula is C22H26F2N4O4. The molecule has 4 rings (SSSR count). The van der Waals surface area contributed by atoms with Gasteiger partial charge in [0.05, 0.1) is 17.6 Å². The lowest BCUT2D eigenvalue weighted by molar-refractivity contribution is -0.286. The maximum atomic E-state index is 13.3. The second-order valence-corrected chi connectivity index (χ2v) is 8.84. The van der Waals surface area contributed by atoms with Gasteiger partial charge in [0.1, 0.15) is 11.3 Å². The summed E-state index contributed by atoms with van der Waals surface area (Å²) in [5.74, 6) is -0.0723. The van der Waals surface area contributed by atoms with Crippen LogP contribution in [0.1, 0.15) is 33.4 Å². The molecule has 1 amide bonds. The lowest BCUT2D eigenvalue weighted by Gasteiger charge is -2.36. The predicted molar refractivity (Wildman–Crippen MR) is 114 cm³/mol. The normalized spacial score (nSPS) is 17.4. The number of allylic oxidation sites excluding steroid dienone is 1. The molecule has 1 fully saturated rings. The minimum absolute atomic E-state index is 0.0236. The summed E-state index contributed by atoms with van der Waals surface area (Å²) in [4.78, 5) is 16.1. The Kier molecular flexibility index (Phi) is 5.26. The summed E-state index contributed by atoms with van der Waals surface area (Å²) in [5, 5.41) is 4.61. The lowest BCUT2D eigenvalue weighted by Crippen LogP contribution is -2.50.